The number of carbonyl (C=O) groups excluding carboxylic acids is 2. The molecule has 0 radical (unpaired) electrons. The number of hydrogen-bond donors (Lipinski definition) is 1. The van der Waals surface area contributed by atoms with Gasteiger partial charge in [-0.05, 0) is 58.0 Å². The number of nitrogens with zero attached hydrogens (tertiary/aromatic N) is 3. The number of benzene rings is 2. The summed E-state index contributed by atoms with van der Waals surface area (Å²) in [6.07, 6.45) is 3.23. The van der Waals surface area contributed by atoms with Gasteiger partial charge in [0, 0.05) is 34.6 Å². The normalized spacial score (nSPS) is 20.9. The molecule has 36 heavy (non-hydrogen) atoms. The van der Waals surface area contributed by atoms with Crippen LogP contribution >= 0.6 is 34.2 Å². The lowest BCUT2D eigenvalue weighted by Gasteiger charge is -2.39. The Morgan fingerprint density at radius 3 is 2.47 bits per heavy atom. The summed E-state index contributed by atoms with van der Waals surface area (Å²) in [5, 5.41) is 10.1. The third kappa shape index (κ3) is 3.26. The molecule has 0 saturated carbocycles. The van der Waals surface area contributed by atoms with Crippen LogP contribution in [0.2, 0.25) is 5.02 Å². The molecule has 2 atom stereocenters. The molecular formula is C26H17ClIN3O5. The standard InChI is InChI=1S/C26H17ClIN3O5/c27-18-10-14(32)6-7-15(18)22-16-8-9-29-25(35)30(13-4-2-1-3-5-13)26(36)31(29)20(16)11-17-21(33)12-19(28)24(34)23(17)22/h1-8,10,12,20,22,32H,9,11H2. The summed E-state index contributed by atoms with van der Waals surface area (Å²) < 4.78 is 4.16. The van der Waals surface area contributed by atoms with Gasteiger partial charge < -0.3 is 5.11 Å². The van der Waals surface area contributed by atoms with Crippen molar-refractivity contribution >= 4 is 45.8 Å². The van der Waals surface area contributed by atoms with E-state index in [0.717, 1.165) is 4.57 Å². The van der Waals surface area contributed by atoms with Crippen molar-refractivity contribution in [3.8, 4) is 11.4 Å². The van der Waals surface area contributed by atoms with Gasteiger partial charge in [-0.1, -0.05) is 41.9 Å². The van der Waals surface area contributed by atoms with Crippen molar-refractivity contribution in [3.05, 3.63) is 113 Å². The Morgan fingerprint density at radius 2 is 1.75 bits per heavy atom. The van der Waals surface area contributed by atoms with Gasteiger partial charge >= 0.3 is 11.4 Å². The number of phenols is 1. The van der Waals surface area contributed by atoms with Crippen LogP contribution in [0.15, 0.2) is 90.6 Å². The van der Waals surface area contributed by atoms with Gasteiger partial charge in [0.1, 0.15) is 5.75 Å². The lowest BCUT2D eigenvalue weighted by Crippen LogP contribution is -2.40. The minimum absolute atomic E-state index is 0.0338. The summed E-state index contributed by atoms with van der Waals surface area (Å²) in [5.74, 6) is -1.31. The van der Waals surface area contributed by atoms with Crippen LogP contribution in [0, 0.1) is 0 Å². The zero-order valence-electron chi connectivity index (χ0n) is 18.5. The minimum Gasteiger partial charge on any atom is -0.508 e. The van der Waals surface area contributed by atoms with Gasteiger partial charge in [-0.3, -0.25) is 9.59 Å². The fourth-order valence-electron chi connectivity index (χ4n) is 5.37. The number of Topliss-reactive ketones (excluding diaryl/α,β-unsaturated/α-hetero) is 1. The van der Waals surface area contributed by atoms with Crippen LogP contribution in [0.4, 0.5) is 0 Å². The van der Waals surface area contributed by atoms with Crippen molar-refractivity contribution < 1.29 is 14.7 Å². The van der Waals surface area contributed by atoms with Crippen molar-refractivity contribution in [3.63, 3.8) is 0 Å². The van der Waals surface area contributed by atoms with E-state index in [2.05, 4.69) is 0 Å². The Balaban J connectivity index is 1.61. The Labute approximate surface area is 222 Å². The fourth-order valence-corrected chi connectivity index (χ4v) is 6.23. The fraction of sp³-hybridized carbons (Fsp3) is 0.154. The molecule has 2 heterocycles. The second kappa shape index (κ2) is 8.31. The predicted molar refractivity (Wildman–Crippen MR) is 141 cm³/mol. The van der Waals surface area contributed by atoms with Crippen molar-refractivity contribution in [2.45, 2.75) is 24.9 Å². The number of carbonyl (C=O) groups is 2. The molecule has 8 nitrogen and oxygen atoms in total. The van der Waals surface area contributed by atoms with Crippen LogP contribution in [0.25, 0.3) is 5.69 Å². The summed E-state index contributed by atoms with van der Waals surface area (Å²) in [6, 6.07) is 12.5. The highest BCUT2D eigenvalue weighted by atomic mass is 127. The molecule has 2 aliphatic carbocycles. The molecule has 0 spiro atoms. The lowest BCUT2D eigenvalue weighted by atomic mass is 9.69. The third-order valence-corrected chi connectivity index (χ3v) is 8.04. The smallest absolute Gasteiger partial charge is 0.352 e. The average Bonchev–Trinajstić information content (AvgIpc) is 3.12. The average molecular weight is 614 g/mol. The number of phenolic OH excluding ortho intramolecular Hbond substituents is 1. The zero-order valence-corrected chi connectivity index (χ0v) is 21.4. The minimum atomic E-state index is -0.711. The lowest BCUT2D eigenvalue weighted by molar-refractivity contribution is -0.115. The van der Waals surface area contributed by atoms with Crippen molar-refractivity contribution in [2.24, 2.45) is 0 Å². The predicted octanol–water partition coefficient (Wildman–Crippen LogP) is 3.60. The molecule has 0 saturated heterocycles. The highest BCUT2D eigenvalue weighted by Crippen LogP contribution is 2.51. The van der Waals surface area contributed by atoms with Crippen LogP contribution in [-0.2, 0) is 16.1 Å². The third-order valence-electron chi connectivity index (χ3n) is 6.91. The first kappa shape index (κ1) is 23.0. The summed E-state index contributed by atoms with van der Waals surface area (Å²) in [6.45, 7) is 0.115. The van der Waals surface area contributed by atoms with E-state index < -0.39 is 23.3 Å². The molecule has 0 amide bonds. The number of halogens is 2. The summed E-state index contributed by atoms with van der Waals surface area (Å²) in [4.78, 5) is 53.4. The highest BCUT2D eigenvalue weighted by Gasteiger charge is 2.45. The van der Waals surface area contributed by atoms with Crippen molar-refractivity contribution in [1.29, 1.82) is 0 Å². The van der Waals surface area contributed by atoms with Crippen molar-refractivity contribution in [2.75, 3.05) is 0 Å². The number of fused-ring (bicyclic) bond motifs is 3. The van der Waals surface area contributed by atoms with Crippen molar-refractivity contribution in [1.82, 2.24) is 13.9 Å². The topological polar surface area (TPSA) is 103 Å². The van der Waals surface area contributed by atoms with Crippen LogP contribution in [0.5, 0.6) is 5.75 Å². The number of para-hydroxylation sites is 1. The van der Waals surface area contributed by atoms with Crippen LogP contribution in [0.1, 0.15) is 23.9 Å². The largest absolute Gasteiger partial charge is 0.508 e. The van der Waals surface area contributed by atoms with Crippen LogP contribution < -0.4 is 11.4 Å². The molecule has 0 bridgehead atoms. The summed E-state index contributed by atoms with van der Waals surface area (Å²) in [5.41, 5.74) is 1.31. The van der Waals surface area contributed by atoms with Crippen LogP contribution in [0.3, 0.4) is 0 Å². The van der Waals surface area contributed by atoms with Gasteiger partial charge in [-0.2, -0.15) is 0 Å². The summed E-state index contributed by atoms with van der Waals surface area (Å²) >= 11 is 8.39. The molecule has 1 aromatic heterocycles. The molecule has 10 heteroatoms. The van der Waals surface area contributed by atoms with E-state index in [-0.39, 0.29) is 35.3 Å². The second-order valence-electron chi connectivity index (χ2n) is 8.80. The first-order chi connectivity index (χ1) is 17.3. The molecule has 1 aliphatic heterocycles. The van der Waals surface area contributed by atoms with Gasteiger partial charge in [-0.15, -0.1) is 0 Å². The number of hydrogen-bond acceptors (Lipinski definition) is 5. The zero-order chi connectivity index (χ0) is 25.3. The molecule has 3 aliphatic rings. The molecule has 3 aromatic rings. The maximum absolute atomic E-state index is 13.6. The van der Waals surface area contributed by atoms with E-state index in [9.17, 15) is 24.3 Å². The van der Waals surface area contributed by atoms with Gasteiger partial charge in [0.2, 0.25) is 0 Å². The monoisotopic (exact) mass is 613 g/mol. The maximum atomic E-state index is 13.6. The van der Waals surface area contributed by atoms with Gasteiger partial charge in [0.25, 0.3) is 0 Å². The molecule has 2 unspecified atom stereocenters. The summed E-state index contributed by atoms with van der Waals surface area (Å²) in [7, 11) is 0. The molecule has 180 valence electrons. The first-order valence-corrected chi connectivity index (χ1v) is 12.6. The van der Waals surface area contributed by atoms with Gasteiger partial charge in [0.15, 0.2) is 11.6 Å². The van der Waals surface area contributed by atoms with Crippen LogP contribution in [-0.4, -0.2) is 30.6 Å². The number of aromatic hydroxyl groups is 1. The Bertz CT molecular complexity index is 1710. The number of rotatable bonds is 2. The van der Waals surface area contributed by atoms with E-state index in [1.807, 2.05) is 28.7 Å². The maximum Gasteiger partial charge on any atom is 0.352 e. The Kier molecular flexibility index (Phi) is 5.31. The Hall–Kier alpha value is -3.44. The van der Waals surface area contributed by atoms with E-state index in [1.165, 1.54) is 27.6 Å². The quantitative estimate of drug-likeness (QED) is 0.270. The van der Waals surface area contributed by atoms with E-state index in [0.29, 0.717) is 31.5 Å². The molecule has 1 N–H and O–H groups in total. The highest BCUT2D eigenvalue weighted by molar-refractivity contribution is 14.1. The molecule has 2 aromatic carbocycles. The SMILES string of the molecule is O=C1C=C(I)C(=O)C2=C1CC1C(=CCn3c(=O)n(-c4ccccc4)c(=O)n31)C2c1ccc(O)cc1Cl. The molecule has 6 rings (SSSR count). The van der Waals surface area contributed by atoms with E-state index in [4.69, 9.17) is 11.6 Å². The van der Waals surface area contributed by atoms with E-state index in [1.54, 1.807) is 36.4 Å². The number of aromatic nitrogens is 3. The van der Waals surface area contributed by atoms with Gasteiger partial charge in [0.05, 0.1) is 21.9 Å². The number of allylic oxidation sites excluding steroid dienone is 6. The first-order valence-electron chi connectivity index (χ1n) is 11.2. The molecular weight excluding hydrogens is 597 g/mol. The number of ketones is 2. The van der Waals surface area contributed by atoms with Gasteiger partial charge in [-0.25, -0.2) is 23.5 Å². The molecule has 0 fully saturated rings. The Morgan fingerprint density at radius 1 is 1.00 bits per heavy atom. The van der Waals surface area contributed by atoms with E-state index >= 15 is 0 Å². The second-order valence-corrected chi connectivity index (χ2v) is 10.4.